The fourth-order valence-corrected chi connectivity index (χ4v) is 3.18. The third kappa shape index (κ3) is 3.67. The van der Waals surface area contributed by atoms with E-state index in [-0.39, 0.29) is 0 Å². The summed E-state index contributed by atoms with van der Waals surface area (Å²) in [6.07, 6.45) is 5.61. The van der Waals surface area contributed by atoms with Crippen molar-refractivity contribution in [3.8, 4) is 0 Å². The number of hydrogen-bond acceptors (Lipinski definition) is 2. The van der Waals surface area contributed by atoms with Crippen LogP contribution in [0.4, 0.5) is 0 Å². The van der Waals surface area contributed by atoms with Gasteiger partial charge in [0.15, 0.2) is 0 Å². The molecule has 2 rings (SSSR count). The van der Waals surface area contributed by atoms with Gasteiger partial charge in [0.2, 0.25) is 0 Å². The Bertz CT molecular complexity index is 497. The smallest absolute Gasteiger partial charge is 0.0946 e. The van der Waals surface area contributed by atoms with E-state index in [2.05, 4.69) is 71.9 Å². The molecule has 0 amide bonds. The maximum atomic E-state index is 4.02. The van der Waals surface area contributed by atoms with E-state index in [1.54, 1.807) is 6.20 Å². The van der Waals surface area contributed by atoms with Gasteiger partial charge in [-0.25, -0.2) is 4.98 Å². The Balaban J connectivity index is 1.89. The van der Waals surface area contributed by atoms with Crippen LogP contribution in [-0.4, -0.2) is 16.1 Å². The lowest BCUT2D eigenvalue weighted by atomic mass is 10.1. The zero-order valence-electron chi connectivity index (χ0n) is 10.1. The van der Waals surface area contributed by atoms with Crippen molar-refractivity contribution in [3.63, 3.8) is 0 Å². The molecule has 18 heavy (non-hydrogen) atoms. The van der Waals surface area contributed by atoms with E-state index >= 15 is 0 Å². The van der Waals surface area contributed by atoms with Gasteiger partial charge >= 0.3 is 0 Å². The molecule has 0 saturated heterocycles. The van der Waals surface area contributed by atoms with Crippen LogP contribution in [0.5, 0.6) is 0 Å². The minimum absolute atomic E-state index is 0.316. The number of nitrogens with one attached hydrogen (secondary N) is 1. The predicted octanol–water partition coefficient (Wildman–Crippen LogP) is 3.76. The van der Waals surface area contributed by atoms with E-state index in [0.29, 0.717) is 6.04 Å². The molecule has 5 heteroatoms. The summed E-state index contributed by atoms with van der Waals surface area (Å²) in [6.45, 7) is 4.01. The van der Waals surface area contributed by atoms with E-state index in [0.717, 1.165) is 22.0 Å². The van der Waals surface area contributed by atoms with Crippen LogP contribution in [0.1, 0.15) is 18.5 Å². The molecule has 96 valence electrons. The first-order chi connectivity index (χ1) is 8.66. The highest BCUT2D eigenvalue weighted by Crippen LogP contribution is 2.26. The van der Waals surface area contributed by atoms with Crippen LogP contribution < -0.4 is 5.32 Å². The Kier molecular flexibility index (Phi) is 4.97. The van der Waals surface area contributed by atoms with Crippen LogP contribution in [0.3, 0.4) is 0 Å². The molecular weight excluding hydrogens is 358 g/mol. The molecule has 1 aromatic heterocycles. The molecule has 0 fully saturated rings. The molecule has 0 aliphatic rings. The highest BCUT2D eigenvalue weighted by Gasteiger charge is 2.08. The second kappa shape index (κ2) is 6.50. The number of nitrogens with zero attached hydrogens (tertiary/aromatic N) is 2. The predicted molar refractivity (Wildman–Crippen MR) is 80.5 cm³/mol. The second-order valence-corrected chi connectivity index (χ2v) is 5.91. The number of aromatic nitrogens is 2. The third-order valence-corrected chi connectivity index (χ3v) is 3.99. The number of halogens is 2. The summed E-state index contributed by atoms with van der Waals surface area (Å²) in [6, 6.07) is 6.58. The quantitative estimate of drug-likeness (QED) is 0.865. The molecule has 0 radical (unpaired) electrons. The Labute approximate surface area is 124 Å². The van der Waals surface area contributed by atoms with Crippen molar-refractivity contribution >= 4 is 31.9 Å². The first-order valence-corrected chi connectivity index (χ1v) is 7.39. The van der Waals surface area contributed by atoms with E-state index in [9.17, 15) is 0 Å². The van der Waals surface area contributed by atoms with Gasteiger partial charge in [0.25, 0.3) is 0 Å². The average Bonchev–Trinajstić information content (AvgIpc) is 2.81. The molecule has 1 N–H and O–H groups in total. The van der Waals surface area contributed by atoms with Crippen LogP contribution >= 0.6 is 31.9 Å². The van der Waals surface area contributed by atoms with Gasteiger partial charge in [-0.15, -0.1) is 0 Å². The number of benzene rings is 1. The van der Waals surface area contributed by atoms with Crippen molar-refractivity contribution in [2.75, 3.05) is 6.54 Å². The molecule has 0 saturated carbocycles. The zero-order chi connectivity index (χ0) is 13.0. The molecule has 1 unspecified atom stereocenters. The molecule has 1 aromatic carbocycles. The van der Waals surface area contributed by atoms with Crippen molar-refractivity contribution in [1.29, 1.82) is 0 Å². The third-order valence-electron chi connectivity index (χ3n) is 2.81. The van der Waals surface area contributed by atoms with Crippen LogP contribution in [0.25, 0.3) is 0 Å². The van der Waals surface area contributed by atoms with Crippen LogP contribution in [0, 0.1) is 0 Å². The average molecular weight is 373 g/mol. The summed E-state index contributed by atoms with van der Waals surface area (Å²) in [4.78, 5) is 4.02. The van der Waals surface area contributed by atoms with Gasteiger partial charge in [0, 0.05) is 40.5 Å². The van der Waals surface area contributed by atoms with Gasteiger partial charge < -0.3 is 9.88 Å². The molecule has 3 nitrogen and oxygen atoms in total. The minimum atomic E-state index is 0.316. The van der Waals surface area contributed by atoms with Gasteiger partial charge in [-0.3, -0.25) is 0 Å². The Morgan fingerprint density at radius 2 is 2.22 bits per heavy atom. The van der Waals surface area contributed by atoms with Crippen LogP contribution in [-0.2, 0) is 6.54 Å². The SMILES string of the molecule is CC(NCCn1ccnc1)c1ccc(Br)cc1Br. The molecule has 1 atom stereocenters. The van der Waals surface area contributed by atoms with E-state index in [1.807, 2.05) is 12.5 Å². The fourth-order valence-electron chi connectivity index (χ4n) is 1.79. The fraction of sp³-hybridized carbons (Fsp3) is 0.308. The van der Waals surface area contributed by atoms with Gasteiger partial charge in [-0.1, -0.05) is 37.9 Å². The van der Waals surface area contributed by atoms with Crippen molar-refractivity contribution in [1.82, 2.24) is 14.9 Å². The maximum absolute atomic E-state index is 4.02. The normalized spacial score (nSPS) is 12.6. The van der Waals surface area contributed by atoms with Gasteiger partial charge in [-0.05, 0) is 24.6 Å². The van der Waals surface area contributed by atoms with Crippen LogP contribution in [0.2, 0.25) is 0 Å². The minimum Gasteiger partial charge on any atom is -0.336 e. The zero-order valence-corrected chi connectivity index (χ0v) is 13.3. The number of imidazole rings is 1. The summed E-state index contributed by atoms with van der Waals surface area (Å²) in [5.41, 5.74) is 1.27. The first-order valence-electron chi connectivity index (χ1n) is 5.81. The largest absolute Gasteiger partial charge is 0.336 e. The highest BCUT2D eigenvalue weighted by molar-refractivity contribution is 9.11. The summed E-state index contributed by atoms with van der Waals surface area (Å²) in [7, 11) is 0. The van der Waals surface area contributed by atoms with E-state index < -0.39 is 0 Å². The molecular formula is C13H15Br2N3. The van der Waals surface area contributed by atoms with Crippen molar-refractivity contribution < 1.29 is 0 Å². The lowest BCUT2D eigenvalue weighted by Gasteiger charge is -2.16. The lowest BCUT2D eigenvalue weighted by molar-refractivity contribution is 0.530. The topological polar surface area (TPSA) is 29.9 Å². The van der Waals surface area contributed by atoms with E-state index in [1.165, 1.54) is 5.56 Å². The number of rotatable bonds is 5. The summed E-state index contributed by atoms with van der Waals surface area (Å²) in [5.74, 6) is 0. The summed E-state index contributed by atoms with van der Waals surface area (Å²) in [5, 5.41) is 3.50. The Morgan fingerprint density at radius 1 is 1.39 bits per heavy atom. The molecule has 2 aromatic rings. The molecule has 1 heterocycles. The number of hydrogen-bond donors (Lipinski definition) is 1. The van der Waals surface area contributed by atoms with Gasteiger partial charge in [0.05, 0.1) is 6.33 Å². The summed E-state index contributed by atoms with van der Waals surface area (Å²) >= 11 is 7.06. The standard InChI is InChI=1S/C13H15Br2N3/c1-10(12-3-2-11(14)8-13(12)15)17-5-7-18-6-4-16-9-18/h2-4,6,8-10,17H,5,7H2,1H3. The Hall–Kier alpha value is -0.650. The van der Waals surface area contributed by atoms with Crippen molar-refractivity contribution in [3.05, 3.63) is 51.4 Å². The second-order valence-electron chi connectivity index (χ2n) is 4.14. The molecule has 0 spiro atoms. The highest BCUT2D eigenvalue weighted by atomic mass is 79.9. The first kappa shape index (κ1) is 13.8. The van der Waals surface area contributed by atoms with Gasteiger partial charge in [0.1, 0.15) is 0 Å². The monoisotopic (exact) mass is 371 g/mol. The molecule has 0 aliphatic carbocycles. The van der Waals surface area contributed by atoms with E-state index in [4.69, 9.17) is 0 Å². The molecule has 0 aliphatic heterocycles. The lowest BCUT2D eigenvalue weighted by Crippen LogP contribution is -2.23. The summed E-state index contributed by atoms with van der Waals surface area (Å²) < 4.78 is 4.28. The Morgan fingerprint density at radius 3 is 2.89 bits per heavy atom. The van der Waals surface area contributed by atoms with Gasteiger partial charge in [-0.2, -0.15) is 0 Å². The van der Waals surface area contributed by atoms with Crippen molar-refractivity contribution in [2.24, 2.45) is 0 Å². The van der Waals surface area contributed by atoms with Crippen LogP contribution in [0.15, 0.2) is 45.9 Å². The maximum Gasteiger partial charge on any atom is 0.0946 e. The molecule has 0 bridgehead atoms. The van der Waals surface area contributed by atoms with Crippen molar-refractivity contribution in [2.45, 2.75) is 19.5 Å².